The summed E-state index contributed by atoms with van der Waals surface area (Å²) >= 11 is 0. The molecule has 4 aromatic rings. The number of hydrogen-bond acceptors (Lipinski definition) is 7. The minimum atomic E-state index is -4.12. The second kappa shape index (κ2) is 10.2. The number of sulfonamides is 1. The summed E-state index contributed by atoms with van der Waals surface area (Å²) in [5, 5.41) is 19.4. The lowest BCUT2D eigenvalue weighted by Gasteiger charge is -2.16. The van der Waals surface area contributed by atoms with Gasteiger partial charge in [0.15, 0.2) is 5.58 Å². The number of oxazole rings is 1. The highest BCUT2D eigenvalue weighted by atomic mass is 32.2. The van der Waals surface area contributed by atoms with E-state index in [2.05, 4.69) is 15.0 Å². The molecule has 1 atom stereocenters. The van der Waals surface area contributed by atoms with Crippen molar-refractivity contribution in [3.8, 4) is 11.5 Å². The van der Waals surface area contributed by atoms with Gasteiger partial charge in [0.1, 0.15) is 17.4 Å². The molecule has 11 nitrogen and oxygen atoms in total. The molecular weight excluding hydrogens is 498 g/mol. The number of carboxylic acid groups (broad SMARTS) is 1. The minimum absolute atomic E-state index is 0.0622. The number of nitrogens with zero attached hydrogens (tertiary/aromatic N) is 1. The third-order valence-corrected chi connectivity index (χ3v) is 6.97. The highest BCUT2D eigenvalue weighted by Crippen LogP contribution is 2.25. The maximum absolute atomic E-state index is 12.7. The zero-order valence-electron chi connectivity index (χ0n) is 19.6. The van der Waals surface area contributed by atoms with Crippen LogP contribution < -0.4 is 15.8 Å². The van der Waals surface area contributed by atoms with Crippen molar-refractivity contribution >= 4 is 38.8 Å². The van der Waals surface area contributed by atoms with Crippen LogP contribution in [-0.2, 0) is 14.8 Å². The average Bonchev–Trinajstić information content (AvgIpc) is 3.30. The molecule has 0 radical (unpaired) electrons. The molecule has 3 aromatic carbocycles. The number of aliphatic carboxylic acids is 1. The van der Waals surface area contributed by atoms with Crippen molar-refractivity contribution in [2.75, 3.05) is 6.54 Å². The van der Waals surface area contributed by atoms with Crippen molar-refractivity contribution in [3.05, 3.63) is 83.4 Å². The molecule has 12 heteroatoms. The quantitative estimate of drug-likeness (QED) is 0.164. The first-order chi connectivity index (χ1) is 17.5. The number of aryl methyl sites for hydroxylation is 1. The fourth-order valence-corrected chi connectivity index (χ4v) is 4.62. The summed E-state index contributed by atoms with van der Waals surface area (Å²) in [4.78, 5) is 28.7. The Kier molecular flexibility index (Phi) is 7.05. The van der Waals surface area contributed by atoms with Gasteiger partial charge in [0.25, 0.3) is 5.91 Å². The number of carbonyl (C=O) groups excluding carboxylic acids is 1. The molecule has 0 aliphatic rings. The lowest BCUT2D eigenvalue weighted by Crippen LogP contribution is -2.48. The number of amides is 1. The summed E-state index contributed by atoms with van der Waals surface area (Å²) in [6.45, 7) is 1.31. The molecule has 0 saturated carbocycles. The Hall–Kier alpha value is -4.55. The van der Waals surface area contributed by atoms with Crippen LogP contribution in [0.5, 0.6) is 0 Å². The van der Waals surface area contributed by atoms with Crippen LogP contribution in [0.4, 0.5) is 0 Å². The number of aromatic nitrogens is 1. The van der Waals surface area contributed by atoms with Gasteiger partial charge >= 0.3 is 5.97 Å². The molecule has 0 aliphatic heterocycles. The van der Waals surface area contributed by atoms with E-state index < -0.39 is 34.5 Å². The number of carboxylic acids is 1. The van der Waals surface area contributed by atoms with Crippen molar-refractivity contribution in [2.45, 2.75) is 17.9 Å². The minimum Gasteiger partial charge on any atom is -0.480 e. The van der Waals surface area contributed by atoms with Gasteiger partial charge < -0.3 is 20.6 Å². The number of carbonyl (C=O) groups is 2. The number of amidine groups is 1. The highest BCUT2D eigenvalue weighted by molar-refractivity contribution is 7.89. The van der Waals surface area contributed by atoms with E-state index in [4.69, 9.17) is 15.6 Å². The fraction of sp³-hybridized carbons (Fsp3) is 0.120. The summed E-state index contributed by atoms with van der Waals surface area (Å²) in [6, 6.07) is 15.6. The Morgan fingerprint density at radius 3 is 2.32 bits per heavy atom. The van der Waals surface area contributed by atoms with Crippen molar-refractivity contribution < 1.29 is 27.5 Å². The van der Waals surface area contributed by atoms with E-state index in [9.17, 15) is 23.1 Å². The van der Waals surface area contributed by atoms with E-state index in [1.807, 2.05) is 0 Å². The van der Waals surface area contributed by atoms with Gasteiger partial charge in [-0.15, -0.1) is 0 Å². The van der Waals surface area contributed by atoms with Crippen LogP contribution in [-0.4, -0.2) is 48.8 Å². The second-order valence-corrected chi connectivity index (χ2v) is 9.94. The number of fused-ring (bicyclic) bond motifs is 1. The van der Waals surface area contributed by atoms with Crippen LogP contribution >= 0.6 is 0 Å². The summed E-state index contributed by atoms with van der Waals surface area (Å²) in [7, 11) is -4.12. The van der Waals surface area contributed by atoms with Gasteiger partial charge in [0.2, 0.25) is 15.9 Å². The van der Waals surface area contributed by atoms with E-state index in [0.717, 1.165) is 5.56 Å². The van der Waals surface area contributed by atoms with Gasteiger partial charge in [-0.05, 0) is 49.4 Å². The van der Waals surface area contributed by atoms with E-state index in [0.29, 0.717) is 28.1 Å². The molecule has 0 fully saturated rings. The molecule has 0 bridgehead atoms. The molecule has 1 amide bonds. The Labute approximate surface area is 211 Å². The number of hydrogen-bond donors (Lipinski definition) is 5. The zero-order chi connectivity index (χ0) is 26.7. The van der Waals surface area contributed by atoms with E-state index in [-0.39, 0.29) is 16.3 Å². The van der Waals surface area contributed by atoms with Gasteiger partial charge in [-0.3, -0.25) is 15.0 Å². The van der Waals surface area contributed by atoms with Gasteiger partial charge in [-0.2, -0.15) is 4.72 Å². The normalized spacial score (nSPS) is 12.2. The molecule has 0 saturated heterocycles. The van der Waals surface area contributed by atoms with E-state index in [1.165, 1.54) is 24.3 Å². The molecule has 37 heavy (non-hydrogen) atoms. The molecule has 0 aliphatic carbocycles. The lowest BCUT2D eigenvalue weighted by atomic mass is 10.1. The summed E-state index contributed by atoms with van der Waals surface area (Å²) in [5.74, 6) is -1.81. The third-order valence-electron chi connectivity index (χ3n) is 5.49. The number of nitrogens with two attached hydrogens (primary N) is 1. The Bertz CT molecular complexity index is 1600. The second-order valence-electron chi connectivity index (χ2n) is 8.23. The summed E-state index contributed by atoms with van der Waals surface area (Å²) in [5.41, 5.74) is 8.53. The van der Waals surface area contributed by atoms with Crippen molar-refractivity contribution in [2.24, 2.45) is 5.73 Å². The van der Waals surface area contributed by atoms with Crippen LogP contribution in [0.15, 0.2) is 76.0 Å². The molecule has 1 heterocycles. The summed E-state index contributed by atoms with van der Waals surface area (Å²) < 4.78 is 33.0. The lowest BCUT2D eigenvalue weighted by molar-refractivity contribution is -0.138. The Morgan fingerprint density at radius 1 is 1.05 bits per heavy atom. The third kappa shape index (κ3) is 5.82. The molecule has 0 spiro atoms. The molecule has 190 valence electrons. The molecule has 0 unspecified atom stereocenters. The van der Waals surface area contributed by atoms with Crippen molar-refractivity contribution in [1.29, 1.82) is 5.41 Å². The number of nitrogens with one attached hydrogen (secondary N) is 3. The largest absolute Gasteiger partial charge is 0.480 e. The van der Waals surface area contributed by atoms with Gasteiger partial charge in [-0.25, -0.2) is 13.4 Å². The maximum Gasteiger partial charge on any atom is 0.323 e. The van der Waals surface area contributed by atoms with Gasteiger partial charge in [-0.1, -0.05) is 29.8 Å². The first-order valence-electron chi connectivity index (χ1n) is 11.0. The monoisotopic (exact) mass is 521 g/mol. The molecule has 6 N–H and O–H groups in total. The summed E-state index contributed by atoms with van der Waals surface area (Å²) in [6.07, 6.45) is 0. The Morgan fingerprint density at radius 2 is 1.70 bits per heavy atom. The predicted molar refractivity (Wildman–Crippen MR) is 136 cm³/mol. The smallest absolute Gasteiger partial charge is 0.323 e. The predicted octanol–water partition coefficient (Wildman–Crippen LogP) is 2.25. The fourth-order valence-electron chi connectivity index (χ4n) is 3.43. The number of rotatable bonds is 9. The average molecular weight is 522 g/mol. The number of benzene rings is 3. The zero-order valence-corrected chi connectivity index (χ0v) is 20.4. The molecular formula is C25H23N5O6S. The van der Waals surface area contributed by atoms with E-state index in [1.54, 1.807) is 49.4 Å². The van der Waals surface area contributed by atoms with Gasteiger partial charge in [0.05, 0.1) is 4.90 Å². The molecule has 1 aromatic heterocycles. The van der Waals surface area contributed by atoms with Crippen molar-refractivity contribution in [1.82, 2.24) is 15.0 Å². The topological polar surface area (TPSA) is 188 Å². The first-order valence-corrected chi connectivity index (χ1v) is 12.5. The number of nitrogen functional groups attached to an aromatic ring is 1. The van der Waals surface area contributed by atoms with Crippen LogP contribution in [0.25, 0.3) is 22.6 Å². The first kappa shape index (κ1) is 25.5. The SMILES string of the molecule is Cc1ccc(S(=O)(=O)N[C@@H](CNC(=O)c2ccc3oc(-c4ccc(C(=N)N)cc4)nc3c2)C(=O)O)cc1. The highest BCUT2D eigenvalue weighted by Gasteiger charge is 2.26. The van der Waals surface area contributed by atoms with E-state index >= 15 is 0 Å². The van der Waals surface area contributed by atoms with Crippen LogP contribution in [0.1, 0.15) is 21.5 Å². The Balaban J connectivity index is 1.46. The van der Waals surface area contributed by atoms with Crippen LogP contribution in [0, 0.1) is 12.3 Å². The molecule has 4 rings (SSSR count). The van der Waals surface area contributed by atoms with Gasteiger partial charge in [0, 0.05) is 23.2 Å². The van der Waals surface area contributed by atoms with Crippen molar-refractivity contribution in [3.63, 3.8) is 0 Å². The standard InChI is InChI=1S/C25H23N5O6S/c1-14-2-9-18(10-3-14)37(34,35)30-20(25(32)33)13-28-23(31)17-8-11-21-19(12-17)29-24(36-21)16-6-4-15(5-7-16)22(26)27/h2-12,20,30H,13H2,1H3,(H3,26,27)(H,28,31)(H,32,33)/t20-/m0/s1. The van der Waals surface area contributed by atoms with Crippen LogP contribution in [0.3, 0.4) is 0 Å². The maximum atomic E-state index is 12.7. The van der Waals surface area contributed by atoms with Crippen LogP contribution in [0.2, 0.25) is 0 Å².